The van der Waals surface area contributed by atoms with Crippen LogP contribution in [0.4, 0.5) is 0 Å². The van der Waals surface area contributed by atoms with Gasteiger partial charge in [0.1, 0.15) is 6.29 Å². The van der Waals surface area contributed by atoms with E-state index in [9.17, 15) is 4.79 Å². The van der Waals surface area contributed by atoms with E-state index >= 15 is 0 Å². The van der Waals surface area contributed by atoms with Crippen molar-refractivity contribution in [3.05, 3.63) is 35.4 Å². The summed E-state index contributed by atoms with van der Waals surface area (Å²) in [5.74, 6) is 2.98. The first-order chi connectivity index (χ1) is 10.3. The molecule has 2 saturated carbocycles. The van der Waals surface area contributed by atoms with Gasteiger partial charge in [-0.05, 0) is 81.6 Å². The van der Waals surface area contributed by atoms with Gasteiger partial charge in [0.25, 0.3) is 0 Å². The van der Waals surface area contributed by atoms with Gasteiger partial charge >= 0.3 is 0 Å². The maximum Gasteiger partial charge on any atom is 0.123 e. The fourth-order valence-electron chi connectivity index (χ4n) is 4.52. The molecule has 0 radical (unpaired) electrons. The van der Waals surface area contributed by atoms with E-state index in [1.165, 1.54) is 50.4 Å². The van der Waals surface area contributed by atoms with Crippen LogP contribution < -0.4 is 0 Å². The summed E-state index contributed by atoms with van der Waals surface area (Å²) in [5, 5.41) is 0. The van der Waals surface area contributed by atoms with Gasteiger partial charge in [-0.3, -0.25) is 0 Å². The van der Waals surface area contributed by atoms with Crippen LogP contribution in [-0.2, 0) is 4.79 Å². The third-order valence-electron chi connectivity index (χ3n) is 6.00. The maximum atomic E-state index is 10.9. The Bertz CT molecular complexity index is 445. The second kappa shape index (κ2) is 6.77. The van der Waals surface area contributed by atoms with Gasteiger partial charge in [0.2, 0.25) is 0 Å². The first-order valence-electron chi connectivity index (χ1n) is 8.78. The van der Waals surface area contributed by atoms with E-state index in [1.807, 2.05) is 0 Å². The van der Waals surface area contributed by atoms with E-state index in [4.69, 9.17) is 0 Å². The molecule has 1 nitrogen and oxygen atoms in total. The molecule has 2 aliphatic carbocycles. The largest absolute Gasteiger partial charge is 0.303 e. The summed E-state index contributed by atoms with van der Waals surface area (Å²) in [6.45, 7) is 2.16. The molecule has 0 aromatic heterocycles. The number of benzene rings is 1. The van der Waals surface area contributed by atoms with Crippen LogP contribution in [0.2, 0.25) is 0 Å². The summed E-state index contributed by atoms with van der Waals surface area (Å²) in [5.41, 5.74) is 2.91. The number of carbonyl (C=O) groups is 1. The zero-order chi connectivity index (χ0) is 14.7. The van der Waals surface area contributed by atoms with E-state index in [2.05, 4.69) is 31.2 Å². The lowest BCUT2D eigenvalue weighted by Gasteiger charge is -2.37. The molecule has 0 amide bonds. The highest BCUT2D eigenvalue weighted by molar-refractivity contribution is 5.53. The minimum atomic E-state index is 0.366. The molecular weight excluding hydrogens is 256 g/mol. The lowest BCUT2D eigenvalue weighted by molar-refractivity contribution is -0.112. The summed E-state index contributed by atoms with van der Waals surface area (Å²) in [6, 6.07) is 9.16. The van der Waals surface area contributed by atoms with Gasteiger partial charge in [-0.25, -0.2) is 0 Å². The molecule has 0 aliphatic heterocycles. The Hall–Kier alpha value is -1.11. The summed E-state index contributed by atoms with van der Waals surface area (Å²) in [4.78, 5) is 10.9. The monoisotopic (exact) mass is 284 g/mol. The quantitative estimate of drug-likeness (QED) is 0.691. The standard InChI is InChI=1S/C20H28O/c1-15-2-6-17(7-3-15)19-10-12-20(13-11-19)18-8-4-16(14-21)5-9-18/h2-3,6-7,14,16,18-20H,4-5,8-13H2,1H3/t16?,18?,19-,20-. The molecule has 0 bridgehead atoms. The molecule has 0 spiro atoms. The summed E-state index contributed by atoms with van der Waals surface area (Å²) >= 11 is 0. The molecule has 1 aromatic carbocycles. The topological polar surface area (TPSA) is 17.1 Å². The Balaban J connectivity index is 1.51. The van der Waals surface area contributed by atoms with E-state index in [0.717, 1.165) is 30.6 Å². The Morgan fingerprint density at radius 2 is 1.33 bits per heavy atom. The molecule has 2 aliphatic rings. The van der Waals surface area contributed by atoms with Gasteiger partial charge in [-0.15, -0.1) is 0 Å². The van der Waals surface area contributed by atoms with Crippen LogP contribution in [0.5, 0.6) is 0 Å². The molecule has 1 aromatic rings. The van der Waals surface area contributed by atoms with Crippen molar-refractivity contribution in [3.63, 3.8) is 0 Å². The van der Waals surface area contributed by atoms with Crippen molar-refractivity contribution in [1.82, 2.24) is 0 Å². The van der Waals surface area contributed by atoms with Crippen LogP contribution >= 0.6 is 0 Å². The number of hydrogen-bond donors (Lipinski definition) is 0. The Morgan fingerprint density at radius 3 is 1.86 bits per heavy atom. The lowest BCUT2D eigenvalue weighted by Crippen LogP contribution is -2.25. The Labute approximate surface area is 129 Å². The molecule has 21 heavy (non-hydrogen) atoms. The number of carbonyl (C=O) groups excluding carboxylic acids is 1. The van der Waals surface area contributed by atoms with Gasteiger partial charge in [-0.2, -0.15) is 0 Å². The summed E-state index contributed by atoms with van der Waals surface area (Å²) in [7, 11) is 0. The molecule has 0 heterocycles. The molecule has 0 N–H and O–H groups in total. The van der Waals surface area contributed by atoms with Gasteiger partial charge in [-0.1, -0.05) is 29.8 Å². The highest BCUT2D eigenvalue weighted by Gasteiger charge is 2.31. The van der Waals surface area contributed by atoms with Crippen molar-refractivity contribution < 1.29 is 4.79 Å². The fourth-order valence-corrected chi connectivity index (χ4v) is 4.52. The number of hydrogen-bond acceptors (Lipinski definition) is 1. The number of aryl methyl sites for hydroxylation is 1. The zero-order valence-corrected chi connectivity index (χ0v) is 13.3. The van der Waals surface area contributed by atoms with Crippen LogP contribution in [0.3, 0.4) is 0 Å². The predicted molar refractivity (Wildman–Crippen MR) is 87.4 cm³/mol. The molecule has 0 unspecified atom stereocenters. The molecule has 2 fully saturated rings. The molecule has 0 saturated heterocycles. The number of rotatable bonds is 3. The third-order valence-corrected chi connectivity index (χ3v) is 6.00. The molecule has 0 atom stereocenters. The van der Waals surface area contributed by atoms with E-state index in [1.54, 1.807) is 5.56 Å². The normalized spacial score (nSPS) is 33.6. The van der Waals surface area contributed by atoms with Crippen molar-refractivity contribution in [1.29, 1.82) is 0 Å². The van der Waals surface area contributed by atoms with Crippen LogP contribution in [0.15, 0.2) is 24.3 Å². The highest BCUT2D eigenvalue weighted by Crippen LogP contribution is 2.43. The Morgan fingerprint density at radius 1 is 0.810 bits per heavy atom. The van der Waals surface area contributed by atoms with Gasteiger partial charge < -0.3 is 4.79 Å². The average Bonchev–Trinajstić information content (AvgIpc) is 2.56. The predicted octanol–water partition coefficient (Wildman–Crippen LogP) is 5.27. The van der Waals surface area contributed by atoms with Crippen LogP contribution in [0.25, 0.3) is 0 Å². The van der Waals surface area contributed by atoms with Crippen molar-refractivity contribution in [2.24, 2.45) is 17.8 Å². The van der Waals surface area contributed by atoms with E-state index in [-0.39, 0.29) is 0 Å². The van der Waals surface area contributed by atoms with Crippen molar-refractivity contribution >= 4 is 6.29 Å². The zero-order valence-electron chi connectivity index (χ0n) is 13.3. The maximum absolute atomic E-state index is 10.9. The van der Waals surface area contributed by atoms with Crippen molar-refractivity contribution in [3.8, 4) is 0 Å². The number of aldehydes is 1. The SMILES string of the molecule is Cc1ccc([C@H]2CC[C@H](C3CCC(C=O)CC3)CC2)cc1. The minimum Gasteiger partial charge on any atom is -0.303 e. The summed E-state index contributed by atoms with van der Waals surface area (Å²) in [6.07, 6.45) is 11.6. The van der Waals surface area contributed by atoms with Gasteiger partial charge in [0.05, 0.1) is 0 Å². The summed E-state index contributed by atoms with van der Waals surface area (Å²) < 4.78 is 0. The highest BCUT2D eigenvalue weighted by atomic mass is 16.1. The first kappa shape index (κ1) is 14.8. The minimum absolute atomic E-state index is 0.366. The third kappa shape index (κ3) is 3.56. The fraction of sp³-hybridized carbons (Fsp3) is 0.650. The van der Waals surface area contributed by atoms with E-state index in [0.29, 0.717) is 5.92 Å². The van der Waals surface area contributed by atoms with Crippen molar-refractivity contribution in [2.45, 2.75) is 64.2 Å². The van der Waals surface area contributed by atoms with Crippen molar-refractivity contribution in [2.75, 3.05) is 0 Å². The molecule has 114 valence electrons. The first-order valence-corrected chi connectivity index (χ1v) is 8.78. The molecular formula is C20H28O. The average molecular weight is 284 g/mol. The molecule has 3 rings (SSSR count). The second-order valence-electron chi connectivity index (χ2n) is 7.33. The smallest absolute Gasteiger partial charge is 0.123 e. The molecule has 1 heteroatoms. The van der Waals surface area contributed by atoms with Crippen LogP contribution in [-0.4, -0.2) is 6.29 Å². The van der Waals surface area contributed by atoms with Crippen LogP contribution in [0.1, 0.15) is 68.4 Å². The lowest BCUT2D eigenvalue weighted by atomic mass is 9.68. The van der Waals surface area contributed by atoms with Gasteiger partial charge in [0, 0.05) is 5.92 Å². The Kier molecular flexibility index (Phi) is 4.77. The van der Waals surface area contributed by atoms with Gasteiger partial charge in [0.15, 0.2) is 0 Å². The van der Waals surface area contributed by atoms with E-state index < -0.39 is 0 Å². The second-order valence-corrected chi connectivity index (χ2v) is 7.33. The van der Waals surface area contributed by atoms with Crippen LogP contribution in [0, 0.1) is 24.7 Å².